The lowest BCUT2D eigenvalue weighted by atomic mass is 10.2. The minimum atomic E-state index is -1.20. The highest BCUT2D eigenvalue weighted by Crippen LogP contribution is 2.25. The Morgan fingerprint density at radius 3 is 2.65 bits per heavy atom. The van der Waals surface area contributed by atoms with Crippen LogP contribution in [0.5, 0.6) is 0 Å². The Morgan fingerprint density at radius 2 is 2.10 bits per heavy atom. The van der Waals surface area contributed by atoms with E-state index in [-0.39, 0.29) is 12.2 Å². The van der Waals surface area contributed by atoms with Gasteiger partial charge in [0.2, 0.25) is 5.82 Å². The molecule has 0 bridgehead atoms. The average molecular weight is 282 g/mol. The summed E-state index contributed by atoms with van der Waals surface area (Å²) < 4.78 is 28.4. The summed E-state index contributed by atoms with van der Waals surface area (Å²) in [6.07, 6.45) is 1.61. The van der Waals surface area contributed by atoms with Crippen molar-refractivity contribution in [1.82, 2.24) is 9.78 Å². The van der Waals surface area contributed by atoms with Crippen LogP contribution in [0, 0.1) is 28.7 Å². The predicted octanol–water partition coefficient (Wildman–Crippen LogP) is 2.53. The zero-order valence-corrected chi connectivity index (χ0v) is 10.9. The van der Waals surface area contributed by atoms with E-state index in [1.54, 1.807) is 17.9 Å². The third-order valence-electron chi connectivity index (χ3n) is 3.04. The van der Waals surface area contributed by atoms with Crippen molar-refractivity contribution in [2.24, 2.45) is 7.05 Å². The third kappa shape index (κ3) is 2.58. The van der Waals surface area contributed by atoms with E-state index in [9.17, 15) is 18.9 Å². The number of nitro benzene ring substituents is 1. The van der Waals surface area contributed by atoms with Crippen LogP contribution in [-0.2, 0) is 13.6 Å². The molecule has 0 saturated carbocycles. The highest BCUT2D eigenvalue weighted by molar-refractivity contribution is 5.53. The molecule has 0 aliphatic heterocycles. The summed E-state index contributed by atoms with van der Waals surface area (Å²) in [5, 5.41) is 17.4. The molecular weight excluding hydrogens is 270 g/mol. The number of hydrogen-bond donors (Lipinski definition) is 1. The highest BCUT2D eigenvalue weighted by Gasteiger charge is 2.18. The highest BCUT2D eigenvalue weighted by atomic mass is 19.1. The number of nitrogens with one attached hydrogen (secondary N) is 1. The van der Waals surface area contributed by atoms with Crippen molar-refractivity contribution in [3.63, 3.8) is 0 Å². The Kier molecular flexibility index (Phi) is 3.64. The predicted molar refractivity (Wildman–Crippen MR) is 68.3 cm³/mol. The SMILES string of the molecule is Cc1c(CNc2cc([N+](=O)[O-])c(F)cc2F)cnn1C. The Morgan fingerprint density at radius 1 is 1.40 bits per heavy atom. The van der Waals surface area contributed by atoms with Crippen molar-refractivity contribution < 1.29 is 13.7 Å². The maximum absolute atomic E-state index is 13.6. The molecule has 1 heterocycles. The number of nitrogens with zero attached hydrogens (tertiary/aromatic N) is 3. The second-order valence-electron chi connectivity index (χ2n) is 4.27. The Balaban J connectivity index is 2.23. The number of hydrogen-bond acceptors (Lipinski definition) is 4. The van der Waals surface area contributed by atoms with E-state index in [1.807, 2.05) is 6.92 Å². The van der Waals surface area contributed by atoms with Crippen molar-refractivity contribution in [1.29, 1.82) is 0 Å². The van der Waals surface area contributed by atoms with Crippen LogP contribution in [-0.4, -0.2) is 14.7 Å². The number of benzene rings is 1. The molecule has 8 heteroatoms. The van der Waals surface area contributed by atoms with Crippen molar-refractivity contribution in [2.45, 2.75) is 13.5 Å². The number of aryl methyl sites for hydroxylation is 1. The van der Waals surface area contributed by atoms with E-state index in [4.69, 9.17) is 0 Å². The van der Waals surface area contributed by atoms with Crippen LogP contribution in [0.15, 0.2) is 18.3 Å². The Bertz CT molecular complexity index is 670. The summed E-state index contributed by atoms with van der Waals surface area (Å²) in [6.45, 7) is 2.08. The first kappa shape index (κ1) is 13.9. The lowest BCUT2D eigenvalue weighted by Gasteiger charge is -2.07. The van der Waals surface area contributed by atoms with Gasteiger partial charge in [-0.25, -0.2) is 4.39 Å². The van der Waals surface area contributed by atoms with Crippen LogP contribution in [0.1, 0.15) is 11.3 Å². The zero-order valence-electron chi connectivity index (χ0n) is 10.9. The molecule has 20 heavy (non-hydrogen) atoms. The number of rotatable bonds is 4. The number of nitro groups is 1. The molecule has 0 amide bonds. The first-order chi connectivity index (χ1) is 9.40. The summed E-state index contributed by atoms with van der Waals surface area (Å²) in [6, 6.07) is 1.34. The minimum Gasteiger partial charge on any atom is -0.378 e. The van der Waals surface area contributed by atoms with Gasteiger partial charge in [-0.3, -0.25) is 14.8 Å². The summed E-state index contributed by atoms with van der Waals surface area (Å²) in [4.78, 5) is 9.73. The van der Waals surface area contributed by atoms with Crippen LogP contribution in [0.25, 0.3) is 0 Å². The van der Waals surface area contributed by atoms with E-state index >= 15 is 0 Å². The van der Waals surface area contributed by atoms with Gasteiger partial charge in [-0.2, -0.15) is 9.49 Å². The molecule has 0 spiro atoms. The Hall–Kier alpha value is -2.51. The molecule has 0 aliphatic carbocycles. The molecule has 0 atom stereocenters. The topological polar surface area (TPSA) is 73.0 Å². The van der Waals surface area contributed by atoms with Gasteiger partial charge in [0.05, 0.1) is 16.8 Å². The average Bonchev–Trinajstić information content (AvgIpc) is 2.69. The van der Waals surface area contributed by atoms with Crippen molar-refractivity contribution >= 4 is 11.4 Å². The molecular formula is C12H12F2N4O2. The molecule has 0 saturated heterocycles. The quantitative estimate of drug-likeness (QED) is 0.690. The molecule has 1 N–H and O–H groups in total. The van der Waals surface area contributed by atoms with Gasteiger partial charge in [-0.05, 0) is 6.92 Å². The molecule has 1 aromatic carbocycles. The number of aromatic nitrogens is 2. The fourth-order valence-electron chi connectivity index (χ4n) is 1.72. The van der Waals surface area contributed by atoms with Gasteiger partial charge < -0.3 is 5.32 Å². The monoisotopic (exact) mass is 282 g/mol. The van der Waals surface area contributed by atoms with Crippen molar-refractivity contribution in [3.8, 4) is 0 Å². The van der Waals surface area contributed by atoms with Crippen LogP contribution in [0.3, 0.4) is 0 Å². The zero-order chi connectivity index (χ0) is 14.9. The van der Waals surface area contributed by atoms with E-state index in [0.717, 1.165) is 17.3 Å². The maximum atomic E-state index is 13.6. The van der Waals surface area contributed by atoms with Gasteiger partial charge in [-0.1, -0.05) is 0 Å². The molecule has 1 aromatic heterocycles. The standard InChI is InChI=1S/C12H12F2N4O2/c1-7-8(6-16-17(7)2)5-15-11-4-12(18(19)20)10(14)3-9(11)13/h3-4,6,15H,5H2,1-2H3. The lowest BCUT2D eigenvalue weighted by Crippen LogP contribution is -2.05. The number of halogens is 2. The van der Waals surface area contributed by atoms with Crippen molar-refractivity contribution in [3.05, 3.63) is 51.3 Å². The first-order valence-electron chi connectivity index (χ1n) is 5.75. The Labute approximate surface area is 113 Å². The largest absolute Gasteiger partial charge is 0.378 e. The van der Waals surface area contributed by atoms with Crippen molar-refractivity contribution in [2.75, 3.05) is 5.32 Å². The van der Waals surface area contributed by atoms with Gasteiger partial charge in [0, 0.05) is 37.0 Å². The summed E-state index contributed by atoms with van der Waals surface area (Å²) in [5.41, 5.74) is 0.812. The van der Waals surface area contributed by atoms with Gasteiger partial charge in [0.25, 0.3) is 0 Å². The van der Waals surface area contributed by atoms with E-state index in [2.05, 4.69) is 10.4 Å². The second kappa shape index (κ2) is 5.24. The van der Waals surface area contributed by atoms with Gasteiger partial charge in [-0.15, -0.1) is 0 Å². The van der Waals surface area contributed by atoms with Gasteiger partial charge in [0.15, 0.2) is 0 Å². The van der Waals surface area contributed by atoms with Gasteiger partial charge >= 0.3 is 5.69 Å². The van der Waals surface area contributed by atoms with Gasteiger partial charge in [0.1, 0.15) is 5.82 Å². The lowest BCUT2D eigenvalue weighted by molar-refractivity contribution is -0.387. The smallest absolute Gasteiger partial charge is 0.307 e. The molecule has 0 unspecified atom stereocenters. The van der Waals surface area contributed by atoms with E-state index in [0.29, 0.717) is 6.07 Å². The molecule has 2 aromatic rings. The first-order valence-corrected chi connectivity index (χ1v) is 5.75. The normalized spacial score (nSPS) is 10.6. The molecule has 0 fully saturated rings. The maximum Gasteiger partial charge on any atom is 0.307 e. The summed E-state index contributed by atoms with van der Waals surface area (Å²) in [7, 11) is 1.77. The molecule has 106 valence electrons. The van der Waals surface area contributed by atoms with E-state index < -0.39 is 22.2 Å². The minimum absolute atomic E-state index is 0.124. The fourth-order valence-corrected chi connectivity index (χ4v) is 1.72. The molecule has 0 radical (unpaired) electrons. The third-order valence-corrected chi connectivity index (χ3v) is 3.04. The molecule has 6 nitrogen and oxygen atoms in total. The van der Waals surface area contributed by atoms with E-state index in [1.165, 1.54) is 0 Å². The van der Waals surface area contributed by atoms with Crippen LogP contribution >= 0.6 is 0 Å². The summed E-state index contributed by atoms with van der Waals surface area (Å²) in [5.74, 6) is -2.08. The van der Waals surface area contributed by atoms with Crippen LogP contribution in [0.4, 0.5) is 20.2 Å². The molecule has 0 aliphatic rings. The number of anilines is 1. The van der Waals surface area contributed by atoms with Crippen LogP contribution < -0.4 is 5.32 Å². The fraction of sp³-hybridized carbons (Fsp3) is 0.250. The molecule has 2 rings (SSSR count). The summed E-state index contributed by atoms with van der Waals surface area (Å²) >= 11 is 0. The van der Waals surface area contributed by atoms with Crippen LogP contribution in [0.2, 0.25) is 0 Å². The second-order valence-corrected chi connectivity index (χ2v) is 4.27.